The molecule has 0 aromatic heterocycles. The number of halogens is 2. The van der Waals surface area contributed by atoms with E-state index in [4.69, 9.17) is 11.6 Å². The molecule has 3 rings (SSSR count). The molecule has 2 unspecified atom stereocenters. The van der Waals surface area contributed by atoms with E-state index in [0.29, 0.717) is 5.41 Å². The summed E-state index contributed by atoms with van der Waals surface area (Å²) in [6.45, 7) is 0. The van der Waals surface area contributed by atoms with E-state index in [1.165, 1.54) is 35.7 Å². The first-order valence-electron chi connectivity index (χ1n) is 5.57. The van der Waals surface area contributed by atoms with E-state index in [9.17, 15) is 0 Å². The molecule has 0 N–H and O–H groups in total. The van der Waals surface area contributed by atoms with Crippen LogP contribution < -0.4 is 0 Å². The van der Waals surface area contributed by atoms with Crippen LogP contribution in [0.4, 0.5) is 0 Å². The zero-order chi connectivity index (χ0) is 10.5. The van der Waals surface area contributed by atoms with Gasteiger partial charge in [0.2, 0.25) is 0 Å². The molecule has 80 valence electrons. The Balaban J connectivity index is 1.88. The van der Waals surface area contributed by atoms with Gasteiger partial charge in [-0.2, -0.15) is 0 Å². The van der Waals surface area contributed by atoms with Crippen LogP contribution in [0.5, 0.6) is 0 Å². The first-order valence-corrected chi connectivity index (χ1v) is 6.89. The predicted molar refractivity (Wildman–Crippen MR) is 67.4 cm³/mol. The van der Waals surface area contributed by atoms with Crippen molar-refractivity contribution in [3.63, 3.8) is 0 Å². The number of rotatable bonds is 1. The fraction of sp³-hybridized carbons (Fsp3) is 0.538. The van der Waals surface area contributed by atoms with Crippen LogP contribution in [0, 0.1) is 11.3 Å². The van der Waals surface area contributed by atoms with Gasteiger partial charge in [-0.1, -0.05) is 22.0 Å². The van der Waals surface area contributed by atoms with E-state index < -0.39 is 0 Å². The van der Waals surface area contributed by atoms with Crippen molar-refractivity contribution in [2.45, 2.75) is 25.7 Å². The molecule has 0 radical (unpaired) electrons. The average Bonchev–Trinajstić information content (AvgIpc) is 2.92. The maximum absolute atomic E-state index is 5.97. The van der Waals surface area contributed by atoms with Gasteiger partial charge in [0.25, 0.3) is 0 Å². The third-order valence-electron chi connectivity index (χ3n) is 4.15. The third-order valence-corrected chi connectivity index (χ3v) is 5.01. The van der Waals surface area contributed by atoms with E-state index in [2.05, 4.69) is 34.1 Å². The van der Waals surface area contributed by atoms with Crippen LogP contribution in [0.3, 0.4) is 0 Å². The van der Waals surface area contributed by atoms with Crippen LogP contribution in [0.25, 0.3) is 0 Å². The van der Waals surface area contributed by atoms with Gasteiger partial charge in [0, 0.05) is 10.4 Å². The van der Waals surface area contributed by atoms with Crippen molar-refractivity contribution in [3.05, 3.63) is 33.8 Å². The smallest absolute Gasteiger partial charge is 0.0257 e. The standard InChI is InChI=1S/C13H14BrCl/c14-12-2-1-10-6-13(7-11(13)8-15)4-3-9(10)5-12/h1-2,5,11H,3-4,6-8H2. The Morgan fingerprint density at radius 1 is 1.40 bits per heavy atom. The predicted octanol–water partition coefficient (Wildman–Crippen LogP) is 4.18. The van der Waals surface area contributed by atoms with Gasteiger partial charge in [-0.3, -0.25) is 0 Å². The normalized spacial score (nSPS) is 32.8. The van der Waals surface area contributed by atoms with E-state index in [1.807, 2.05) is 0 Å². The number of hydrogen-bond donors (Lipinski definition) is 0. The van der Waals surface area contributed by atoms with Gasteiger partial charge >= 0.3 is 0 Å². The van der Waals surface area contributed by atoms with E-state index >= 15 is 0 Å². The monoisotopic (exact) mass is 284 g/mol. The van der Waals surface area contributed by atoms with Crippen molar-refractivity contribution in [2.75, 3.05) is 5.88 Å². The number of alkyl halides is 1. The second kappa shape index (κ2) is 3.49. The fourth-order valence-corrected chi connectivity index (χ4v) is 3.87. The van der Waals surface area contributed by atoms with Gasteiger partial charge in [0.05, 0.1) is 0 Å². The van der Waals surface area contributed by atoms with Gasteiger partial charge in [-0.15, -0.1) is 11.6 Å². The molecule has 0 heterocycles. The maximum Gasteiger partial charge on any atom is 0.0257 e. The minimum absolute atomic E-state index is 0.586. The Kier molecular flexibility index (Phi) is 2.37. The van der Waals surface area contributed by atoms with Crippen LogP contribution in [-0.4, -0.2) is 5.88 Å². The summed E-state index contributed by atoms with van der Waals surface area (Å²) in [7, 11) is 0. The minimum Gasteiger partial charge on any atom is -0.126 e. The van der Waals surface area contributed by atoms with Crippen LogP contribution in [0.1, 0.15) is 24.0 Å². The minimum atomic E-state index is 0.586. The molecule has 2 aliphatic rings. The number of fused-ring (bicyclic) bond motifs is 1. The average molecular weight is 286 g/mol. The van der Waals surface area contributed by atoms with E-state index in [0.717, 1.165) is 11.8 Å². The largest absolute Gasteiger partial charge is 0.126 e. The zero-order valence-corrected chi connectivity index (χ0v) is 10.9. The molecule has 1 fully saturated rings. The Bertz CT molecular complexity index is 402. The number of aryl methyl sites for hydroxylation is 1. The van der Waals surface area contributed by atoms with Crippen LogP contribution in [0.2, 0.25) is 0 Å². The van der Waals surface area contributed by atoms with Crippen molar-refractivity contribution in [1.29, 1.82) is 0 Å². The lowest BCUT2D eigenvalue weighted by molar-refractivity contribution is 0.404. The lowest BCUT2D eigenvalue weighted by atomic mass is 9.80. The summed E-state index contributed by atoms with van der Waals surface area (Å²) in [5.74, 6) is 1.64. The Morgan fingerprint density at radius 3 is 3.00 bits per heavy atom. The molecule has 1 aromatic rings. The first-order chi connectivity index (χ1) is 7.23. The molecule has 1 spiro atoms. The van der Waals surface area contributed by atoms with Crippen molar-refractivity contribution in [1.82, 2.24) is 0 Å². The highest BCUT2D eigenvalue weighted by Crippen LogP contribution is 2.60. The Hall–Kier alpha value is -0.0100. The lowest BCUT2D eigenvalue weighted by Gasteiger charge is -2.25. The molecule has 2 heteroatoms. The molecule has 0 saturated heterocycles. The van der Waals surface area contributed by atoms with Gasteiger partial charge in [-0.25, -0.2) is 0 Å². The van der Waals surface area contributed by atoms with Crippen LogP contribution in [-0.2, 0) is 12.8 Å². The van der Waals surface area contributed by atoms with Crippen LogP contribution >= 0.6 is 27.5 Å². The highest BCUT2D eigenvalue weighted by molar-refractivity contribution is 9.10. The summed E-state index contributed by atoms with van der Waals surface area (Å²) in [4.78, 5) is 0. The second-order valence-electron chi connectivity index (χ2n) is 5.01. The van der Waals surface area contributed by atoms with Crippen molar-refractivity contribution in [2.24, 2.45) is 11.3 Å². The number of hydrogen-bond acceptors (Lipinski definition) is 0. The summed E-state index contributed by atoms with van der Waals surface area (Å²) in [5.41, 5.74) is 3.68. The summed E-state index contributed by atoms with van der Waals surface area (Å²) in [5, 5.41) is 0. The number of benzene rings is 1. The molecule has 0 nitrogen and oxygen atoms in total. The molecule has 15 heavy (non-hydrogen) atoms. The first kappa shape index (κ1) is 10.2. The van der Waals surface area contributed by atoms with Crippen LogP contribution in [0.15, 0.2) is 22.7 Å². The summed E-state index contributed by atoms with van der Waals surface area (Å²) in [6, 6.07) is 6.72. The molecular weight excluding hydrogens is 272 g/mol. The van der Waals surface area contributed by atoms with E-state index in [-0.39, 0.29) is 0 Å². The van der Waals surface area contributed by atoms with Crippen molar-refractivity contribution >= 4 is 27.5 Å². The van der Waals surface area contributed by atoms with E-state index in [1.54, 1.807) is 5.56 Å². The van der Waals surface area contributed by atoms with Gasteiger partial charge in [0.1, 0.15) is 0 Å². The summed E-state index contributed by atoms with van der Waals surface area (Å²) < 4.78 is 1.21. The molecule has 0 amide bonds. The molecule has 1 saturated carbocycles. The van der Waals surface area contributed by atoms with Crippen molar-refractivity contribution in [3.8, 4) is 0 Å². The maximum atomic E-state index is 5.97. The highest BCUT2D eigenvalue weighted by Gasteiger charge is 2.53. The summed E-state index contributed by atoms with van der Waals surface area (Å²) in [6.07, 6.45) is 5.19. The third kappa shape index (κ3) is 1.64. The molecule has 2 aliphatic carbocycles. The molecule has 2 atom stereocenters. The Morgan fingerprint density at radius 2 is 2.27 bits per heavy atom. The molecular formula is C13H14BrCl. The van der Waals surface area contributed by atoms with Crippen molar-refractivity contribution < 1.29 is 0 Å². The highest BCUT2D eigenvalue weighted by atomic mass is 79.9. The Labute approximate surface area is 104 Å². The topological polar surface area (TPSA) is 0 Å². The molecule has 1 aromatic carbocycles. The quantitative estimate of drug-likeness (QED) is 0.679. The van der Waals surface area contributed by atoms with Gasteiger partial charge < -0.3 is 0 Å². The van der Waals surface area contributed by atoms with Gasteiger partial charge in [0.15, 0.2) is 0 Å². The second-order valence-corrected chi connectivity index (χ2v) is 6.23. The SMILES string of the molecule is ClCC1CC12CCc1cc(Br)ccc1C2. The summed E-state index contributed by atoms with van der Waals surface area (Å²) >= 11 is 9.51. The molecule has 0 aliphatic heterocycles. The molecule has 0 bridgehead atoms. The zero-order valence-electron chi connectivity index (χ0n) is 8.60. The lowest BCUT2D eigenvalue weighted by Crippen LogP contribution is -2.17. The van der Waals surface area contributed by atoms with Gasteiger partial charge in [-0.05, 0) is 60.3 Å². The fourth-order valence-electron chi connectivity index (χ4n) is 3.02.